The summed E-state index contributed by atoms with van der Waals surface area (Å²) in [6.45, 7) is 1.48. The molecular formula is C12H13FN2O. The molecule has 16 heavy (non-hydrogen) atoms. The molecule has 4 heteroatoms. The molecule has 1 aliphatic heterocycles. The van der Waals surface area contributed by atoms with E-state index in [1.165, 1.54) is 12.1 Å². The van der Waals surface area contributed by atoms with Crippen LogP contribution in [0, 0.1) is 17.1 Å². The van der Waals surface area contributed by atoms with Crippen LogP contribution < -0.4 is 5.32 Å². The maximum Gasteiger partial charge on any atom is 0.141 e. The van der Waals surface area contributed by atoms with Gasteiger partial charge in [-0.05, 0) is 31.0 Å². The molecule has 0 aromatic heterocycles. The number of ether oxygens (including phenoxy) is 1. The Morgan fingerprint density at radius 3 is 3.06 bits per heavy atom. The summed E-state index contributed by atoms with van der Waals surface area (Å²) >= 11 is 0. The lowest BCUT2D eigenvalue weighted by molar-refractivity contribution is 0.0876. The summed E-state index contributed by atoms with van der Waals surface area (Å²) in [4.78, 5) is 0. The van der Waals surface area contributed by atoms with Crippen LogP contribution >= 0.6 is 0 Å². The van der Waals surface area contributed by atoms with Crippen LogP contribution in [-0.4, -0.2) is 19.3 Å². The third kappa shape index (κ3) is 2.50. The first kappa shape index (κ1) is 10.9. The van der Waals surface area contributed by atoms with Gasteiger partial charge in [-0.1, -0.05) is 0 Å². The summed E-state index contributed by atoms with van der Waals surface area (Å²) < 4.78 is 18.4. The van der Waals surface area contributed by atoms with E-state index in [-0.39, 0.29) is 11.6 Å². The van der Waals surface area contributed by atoms with E-state index in [1.807, 2.05) is 6.07 Å². The van der Waals surface area contributed by atoms with Crippen molar-refractivity contribution in [2.45, 2.75) is 18.9 Å². The van der Waals surface area contributed by atoms with Gasteiger partial charge in [-0.2, -0.15) is 5.26 Å². The van der Waals surface area contributed by atoms with Crippen molar-refractivity contribution in [1.29, 1.82) is 5.26 Å². The van der Waals surface area contributed by atoms with Crippen LogP contribution in [0.1, 0.15) is 18.4 Å². The van der Waals surface area contributed by atoms with E-state index in [4.69, 9.17) is 10.00 Å². The number of nitrogens with one attached hydrogen (secondary N) is 1. The summed E-state index contributed by atoms with van der Waals surface area (Å²) in [7, 11) is 0. The zero-order valence-electron chi connectivity index (χ0n) is 8.87. The van der Waals surface area contributed by atoms with Gasteiger partial charge in [0.15, 0.2) is 0 Å². The van der Waals surface area contributed by atoms with Crippen LogP contribution in [0.3, 0.4) is 0 Å². The van der Waals surface area contributed by atoms with Gasteiger partial charge in [0.05, 0.1) is 12.2 Å². The monoisotopic (exact) mass is 220 g/mol. The predicted molar refractivity (Wildman–Crippen MR) is 58.6 cm³/mol. The highest BCUT2D eigenvalue weighted by Crippen LogP contribution is 2.17. The molecule has 1 fully saturated rings. The number of rotatable bonds is 2. The lowest BCUT2D eigenvalue weighted by Crippen LogP contribution is -2.29. The molecule has 1 N–H and O–H groups in total. The van der Waals surface area contributed by atoms with E-state index in [0.717, 1.165) is 25.1 Å². The predicted octanol–water partition coefficient (Wildman–Crippen LogP) is 2.29. The lowest BCUT2D eigenvalue weighted by Gasteiger charge is -2.24. The van der Waals surface area contributed by atoms with Crippen LogP contribution in [-0.2, 0) is 4.74 Å². The average Bonchev–Trinajstić information content (AvgIpc) is 2.33. The van der Waals surface area contributed by atoms with Gasteiger partial charge in [-0.3, -0.25) is 0 Å². The van der Waals surface area contributed by atoms with Crippen molar-refractivity contribution in [2.75, 3.05) is 18.5 Å². The molecule has 1 unspecified atom stereocenters. The Bertz CT molecular complexity index is 408. The number of anilines is 1. The molecule has 0 spiro atoms. The number of hydrogen-bond donors (Lipinski definition) is 1. The van der Waals surface area contributed by atoms with E-state index >= 15 is 0 Å². The smallest absolute Gasteiger partial charge is 0.141 e. The molecule has 1 aliphatic rings. The Morgan fingerprint density at radius 1 is 1.50 bits per heavy atom. The van der Waals surface area contributed by atoms with Gasteiger partial charge >= 0.3 is 0 Å². The summed E-state index contributed by atoms with van der Waals surface area (Å²) in [5.41, 5.74) is 0.843. The molecule has 84 valence electrons. The van der Waals surface area contributed by atoms with Crippen molar-refractivity contribution in [3.05, 3.63) is 29.6 Å². The zero-order chi connectivity index (χ0) is 11.4. The van der Waals surface area contributed by atoms with Crippen LogP contribution in [0.4, 0.5) is 10.1 Å². The van der Waals surface area contributed by atoms with Crippen LogP contribution in [0.5, 0.6) is 0 Å². The lowest BCUT2D eigenvalue weighted by atomic mass is 10.1. The topological polar surface area (TPSA) is 45.0 Å². The summed E-state index contributed by atoms with van der Waals surface area (Å²) in [5, 5.41) is 11.9. The SMILES string of the molecule is N#Cc1cc(NC2CCCOC2)ccc1F. The Hall–Kier alpha value is -1.60. The molecule has 0 saturated carbocycles. The second kappa shape index (κ2) is 4.95. The molecule has 2 rings (SSSR count). The zero-order valence-corrected chi connectivity index (χ0v) is 8.87. The van der Waals surface area contributed by atoms with Crippen molar-refractivity contribution < 1.29 is 9.13 Å². The first-order chi connectivity index (χ1) is 7.79. The number of nitrogens with zero attached hydrogens (tertiary/aromatic N) is 1. The van der Waals surface area contributed by atoms with Crippen molar-refractivity contribution >= 4 is 5.69 Å². The summed E-state index contributed by atoms with van der Waals surface area (Å²) in [6.07, 6.45) is 2.07. The third-order valence-corrected chi connectivity index (χ3v) is 2.62. The highest BCUT2D eigenvalue weighted by Gasteiger charge is 2.13. The molecule has 1 aromatic carbocycles. The minimum absolute atomic E-state index is 0.0710. The second-order valence-corrected chi connectivity index (χ2v) is 3.86. The molecule has 1 aromatic rings. The third-order valence-electron chi connectivity index (χ3n) is 2.62. The van der Waals surface area contributed by atoms with Gasteiger partial charge in [0.25, 0.3) is 0 Å². The standard InChI is InChI=1S/C12H13FN2O/c13-12-4-3-10(6-9(12)7-14)15-11-2-1-5-16-8-11/h3-4,6,11,15H,1-2,5,8H2. The fourth-order valence-corrected chi connectivity index (χ4v) is 1.79. The van der Waals surface area contributed by atoms with Crippen molar-refractivity contribution in [2.24, 2.45) is 0 Å². The van der Waals surface area contributed by atoms with Gasteiger partial charge in [0, 0.05) is 18.3 Å². The maximum absolute atomic E-state index is 13.1. The van der Waals surface area contributed by atoms with E-state index < -0.39 is 5.82 Å². The fraction of sp³-hybridized carbons (Fsp3) is 0.417. The molecule has 0 amide bonds. The largest absolute Gasteiger partial charge is 0.380 e. The van der Waals surface area contributed by atoms with Crippen LogP contribution in [0.15, 0.2) is 18.2 Å². The Balaban J connectivity index is 2.06. The van der Waals surface area contributed by atoms with E-state index in [9.17, 15) is 4.39 Å². The molecule has 0 bridgehead atoms. The van der Waals surface area contributed by atoms with E-state index in [1.54, 1.807) is 6.07 Å². The van der Waals surface area contributed by atoms with Gasteiger partial charge in [-0.15, -0.1) is 0 Å². The van der Waals surface area contributed by atoms with Crippen molar-refractivity contribution in [3.63, 3.8) is 0 Å². The fourth-order valence-electron chi connectivity index (χ4n) is 1.79. The number of benzene rings is 1. The number of hydrogen-bond acceptors (Lipinski definition) is 3. The van der Waals surface area contributed by atoms with Gasteiger partial charge < -0.3 is 10.1 Å². The molecular weight excluding hydrogens is 207 g/mol. The molecule has 1 saturated heterocycles. The van der Waals surface area contributed by atoms with E-state index in [2.05, 4.69) is 5.32 Å². The van der Waals surface area contributed by atoms with Gasteiger partial charge in [0.2, 0.25) is 0 Å². The van der Waals surface area contributed by atoms with Gasteiger partial charge in [-0.25, -0.2) is 4.39 Å². The van der Waals surface area contributed by atoms with E-state index in [0.29, 0.717) is 6.61 Å². The minimum atomic E-state index is -0.479. The molecule has 3 nitrogen and oxygen atoms in total. The highest BCUT2D eigenvalue weighted by atomic mass is 19.1. The molecule has 1 atom stereocenters. The van der Waals surface area contributed by atoms with Crippen LogP contribution in [0.2, 0.25) is 0 Å². The van der Waals surface area contributed by atoms with Crippen LogP contribution in [0.25, 0.3) is 0 Å². The van der Waals surface area contributed by atoms with Crippen molar-refractivity contribution in [1.82, 2.24) is 0 Å². The molecule has 1 heterocycles. The Kier molecular flexibility index (Phi) is 3.37. The Labute approximate surface area is 93.8 Å². The first-order valence-electron chi connectivity index (χ1n) is 5.33. The maximum atomic E-state index is 13.1. The first-order valence-corrected chi connectivity index (χ1v) is 5.33. The number of halogens is 1. The average molecular weight is 220 g/mol. The quantitative estimate of drug-likeness (QED) is 0.831. The van der Waals surface area contributed by atoms with Gasteiger partial charge in [0.1, 0.15) is 11.9 Å². The molecule has 0 aliphatic carbocycles. The van der Waals surface area contributed by atoms with Crippen molar-refractivity contribution in [3.8, 4) is 6.07 Å². The summed E-state index contributed by atoms with van der Waals surface area (Å²) in [6, 6.07) is 6.57. The minimum Gasteiger partial charge on any atom is -0.380 e. The molecule has 0 radical (unpaired) electrons. The highest BCUT2D eigenvalue weighted by molar-refractivity contribution is 5.50. The second-order valence-electron chi connectivity index (χ2n) is 3.86. The Morgan fingerprint density at radius 2 is 2.38 bits per heavy atom. The summed E-state index contributed by atoms with van der Waals surface area (Å²) in [5.74, 6) is -0.479. The normalized spacial score (nSPS) is 20.1. The number of nitriles is 1.